The Kier molecular flexibility index (Phi) is 2.95. The van der Waals surface area contributed by atoms with Crippen LogP contribution in [0.3, 0.4) is 0 Å². The first-order chi connectivity index (χ1) is 7.14. The molecule has 1 aliphatic heterocycles. The quantitative estimate of drug-likeness (QED) is 0.836. The second kappa shape index (κ2) is 4.08. The van der Waals surface area contributed by atoms with Gasteiger partial charge >= 0.3 is 0 Å². The molecule has 1 aromatic rings. The molecule has 82 valence electrons. The molecular formula is C10H13BrN2O2. The number of halogens is 1. The van der Waals surface area contributed by atoms with Crippen molar-refractivity contribution in [2.75, 3.05) is 24.6 Å². The van der Waals surface area contributed by atoms with Gasteiger partial charge in [0, 0.05) is 12.7 Å². The highest BCUT2D eigenvalue weighted by atomic mass is 79.9. The van der Waals surface area contributed by atoms with Gasteiger partial charge in [0.25, 0.3) is 0 Å². The molecule has 1 saturated heterocycles. The summed E-state index contributed by atoms with van der Waals surface area (Å²) >= 11 is 3.42. The molecule has 1 aromatic heterocycles. The van der Waals surface area contributed by atoms with Crippen molar-refractivity contribution in [2.45, 2.75) is 12.0 Å². The van der Waals surface area contributed by atoms with E-state index >= 15 is 0 Å². The standard InChI is InChI=1S/C10H13BrN2O2/c11-8-2-1-4-12-9(8)13-5-3-10(15,6-13)7-14/h1-2,4,14-15H,3,5-7H2. The predicted molar refractivity (Wildman–Crippen MR) is 60.8 cm³/mol. The lowest BCUT2D eigenvalue weighted by Crippen LogP contribution is -2.37. The van der Waals surface area contributed by atoms with E-state index in [9.17, 15) is 5.11 Å². The van der Waals surface area contributed by atoms with Gasteiger partial charge in [0.2, 0.25) is 0 Å². The summed E-state index contributed by atoms with van der Waals surface area (Å²) in [4.78, 5) is 6.22. The number of anilines is 1. The SMILES string of the molecule is OCC1(O)CCN(c2ncccc2Br)C1. The number of aliphatic hydroxyl groups is 2. The van der Waals surface area contributed by atoms with E-state index in [0.29, 0.717) is 19.5 Å². The average molecular weight is 273 g/mol. The van der Waals surface area contributed by atoms with Gasteiger partial charge in [-0.1, -0.05) is 0 Å². The Balaban J connectivity index is 2.18. The van der Waals surface area contributed by atoms with E-state index in [4.69, 9.17) is 5.11 Å². The lowest BCUT2D eigenvalue weighted by atomic mass is 10.1. The van der Waals surface area contributed by atoms with Crippen molar-refractivity contribution in [3.63, 3.8) is 0 Å². The number of hydrogen-bond donors (Lipinski definition) is 2. The van der Waals surface area contributed by atoms with Gasteiger partial charge in [-0.25, -0.2) is 4.98 Å². The van der Waals surface area contributed by atoms with Gasteiger partial charge in [-0.15, -0.1) is 0 Å². The first-order valence-electron chi connectivity index (χ1n) is 4.83. The Bertz CT molecular complexity index is 361. The highest BCUT2D eigenvalue weighted by Gasteiger charge is 2.36. The van der Waals surface area contributed by atoms with E-state index < -0.39 is 5.60 Å². The molecule has 1 aliphatic rings. The van der Waals surface area contributed by atoms with Gasteiger partial charge in [-0.3, -0.25) is 0 Å². The Hall–Kier alpha value is -0.650. The number of hydrogen-bond acceptors (Lipinski definition) is 4. The van der Waals surface area contributed by atoms with Crippen molar-refractivity contribution in [1.82, 2.24) is 4.98 Å². The van der Waals surface area contributed by atoms with Crippen molar-refractivity contribution < 1.29 is 10.2 Å². The highest BCUT2D eigenvalue weighted by Crippen LogP contribution is 2.29. The van der Waals surface area contributed by atoms with Gasteiger partial charge < -0.3 is 15.1 Å². The van der Waals surface area contributed by atoms with Crippen molar-refractivity contribution in [2.24, 2.45) is 0 Å². The van der Waals surface area contributed by atoms with Gasteiger partial charge in [-0.05, 0) is 34.5 Å². The first kappa shape index (κ1) is 10.9. The van der Waals surface area contributed by atoms with Crippen LogP contribution in [0.1, 0.15) is 6.42 Å². The summed E-state index contributed by atoms with van der Waals surface area (Å²) in [6.45, 7) is 0.944. The minimum absolute atomic E-state index is 0.200. The van der Waals surface area contributed by atoms with Gasteiger partial charge in [0.05, 0.1) is 17.6 Å². The number of rotatable bonds is 2. The molecule has 0 amide bonds. The average Bonchev–Trinajstić information content (AvgIpc) is 2.63. The fourth-order valence-electron chi connectivity index (χ4n) is 1.78. The van der Waals surface area contributed by atoms with E-state index in [0.717, 1.165) is 10.3 Å². The zero-order valence-corrected chi connectivity index (χ0v) is 9.81. The summed E-state index contributed by atoms with van der Waals surface area (Å²) in [7, 11) is 0. The molecule has 0 radical (unpaired) electrons. The third-order valence-corrected chi connectivity index (χ3v) is 3.28. The molecule has 2 N–H and O–H groups in total. The molecule has 1 unspecified atom stereocenters. The van der Waals surface area contributed by atoms with E-state index in [1.54, 1.807) is 6.20 Å². The first-order valence-corrected chi connectivity index (χ1v) is 5.63. The third-order valence-electron chi connectivity index (χ3n) is 2.67. The molecule has 4 nitrogen and oxygen atoms in total. The van der Waals surface area contributed by atoms with Gasteiger partial charge in [0.1, 0.15) is 11.4 Å². The molecule has 1 fully saturated rings. The summed E-state index contributed by atoms with van der Waals surface area (Å²) < 4.78 is 0.909. The molecule has 0 aliphatic carbocycles. The van der Waals surface area contributed by atoms with Crippen molar-refractivity contribution in [3.8, 4) is 0 Å². The highest BCUT2D eigenvalue weighted by molar-refractivity contribution is 9.10. The lowest BCUT2D eigenvalue weighted by Gasteiger charge is -2.22. The Labute approximate surface area is 96.7 Å². The predicted octanol–water partition coefficient (Wildman–Crippen LogP) is 0.778. The number of nitrogens with zero attached hydrogens (tertiary/aromatic N) is 2. The molecule has 2 heterocycles. The van der Waals surface area contributed by atoms with Crippen LogP contribution in [0.4, 0.5) is 5.82 Å². The topological polar surface area (TPSA) is 56.6 Å². The molecule has 0 bridgehead atoms. The largest absolute Gasteiger partial charge is 0.393 e. The summed E-state index contributed by atoms with van der Waals surface area (Å²) in [6, 6.07) is 3.76. The van der Waals surface area contributed by atoms with E-state index in [2.05, 4.69) is 20.9 Å². The Morgan fingerprint density at radius 1 is 1.60 bits per heavy atom. The summed E-state index contributed by atoms with van der Waals surface area (Å²) in [5.41, 5.74) is -0.975. The fraction of sp³-hybridized carbons (Fsp3) is 0.500. The molecule has 0 spiro atoms. The zero-order valence-electron chi connectivity index (χ0n) is 8.23. The lowest BCUT2D eigenvalue weighted by molar-refractivity contribution is 0.00473. The van der Waals surface area contributed by atoms with Crippen LogP contribution in [0.2, 0.25) is 0 Å². The van der Waals surface area contributed by atoms with E-state index in [1.165, 1.54) is 0 Å². The van der Waals surface area contributed by atoms with Crippen molar-refractivity contribution in [3.05, 3.63) is 22.8 Å². The van der Waals surface area contributed by atoms with Crippen molar-refractivity contribution >= 4 is 21.7 Å². The smallest absolute Gasteiger partial charge is 0.142 e. The Morgan fingerprint density at radius 3 is 3.00 bits per heavy atom. The zero-order chi connectivity index (χ0) is 10.9. The fourth-order valence-corrected chi connectivity index (χ4v) is 2.28. The van der Waals surface area contributed by atoms with Crippen LogP contribution in [0, 0.1) is 0 Å². The minimum Gasteiger partial charge on any atom is -0.393 e. The summed E-state index contributed by atoms with van der Waals surface area (Å²) in [5, 5.41) is 18.9. The summed E-state index contributed by atoms with van der Waals surface area (Å²) in [6.07, 6.45) is 2.29. The number of aliphatic hydroxyl groups excluding tert-OH is 1. The molecule has 1 atom stereocenters. The second-order valence-corrected chi connectivity index (χ2v) is 4.72. The number of pyridine rings is 1. The molecule has 0 saturated carbocycles. The van der Waals surface area contributed by atoms with Crippen LogP contribution in [0.15, 0.2) is 22.8 Å². The normalized spacial score (nSPS) is 25.9. The number of β-amino-alcohol motifs (C(OH)–C–C–N with tert-alkyl or cyclic N) is 1. The van der Waals surface area contributed by atoms with E-state index in [1.807, 2.05) is 17.0 Å². The molecule has 15 heavy (non-hydrogen) atoms. The molecule has 5 heteroatoms. The van der Waals surface area contributed by atoms with Crippen LogP contribution in [-0.4, -0.2) is 40.5 Å². The minimum atomic E-state index is -0.975. The third kappa shape index (κ3) is 2.14. The van der Waals surface area contributed by atoms with Crippen molar-refractivity contribution in [1.29, 1.82) is 0 Å². The monoisotopic (exact) mass is 272 g/mol. The van der Waals surface area contributed by atoms with Gasteiger partial charge in [-0.2, -0.15) is 0 Å². The van der Waals surface area contributed by atoms with Crippen LogP contribution in [0.25, 0.3) is 0 Å². The van der Waals surface area contributed by atoms with E-state index in [-0.39, 0.29) is 6.61 Å². The maximum atomic E-state index is 9.89. The molecule has 2 rings (SSSR count). The summed E-state index contributed by atoms with van der Waals surface area (Å²) in [5.74, 6) is 0.821. The van der Waals surface area contributed by atoms with Crippen LogP contribution in [0.5, 0.6) is 0 Å². The molecule has 0 aromatic carbocycles. The van der Waals surface area contributed by atoms with Crippen LogP contribution >= 0.6 is 15.9 Å². The number of aromatic nitrogens is 1. The van der Waals surface area contributed by atoms with Gasteiger partial charge in [0.15, 0.2) is 0 Å². The van der Waals surface area contributed by atoms with Crippen LogP contribution < -0.4 is 4.90 Å². The maximum Gasteiger partial charge on any atom is 0.142 e. The maximum absolute atomic E-state index is 9.89. The van der Waals surface area contributed by atoms with Crippen LogP contribution in [-0.2, 0) is 0 Å². The Morgan fingerprint density at radius 2 is 2.40 bits per heavy atom. The molecular weight excluding hydrogens is 260 g/mol. The second-order valence-electron chi connectivity index (χ2n) is 3.86.